The summed E-state index contributed by atoms with van der Waals surface area (Å²) in [6, 6.07) is 3.68. The van der Waals surface area contributed by atoms with Crippen LogP contribution in [0, 0.1) is 11.6 Å². The minimum absolute atomic E-state index is 0.0674. The highest BCUT2D eigenvalue weighted by molar-refractivity contribution is 5.66. The second-order valence-corrected chi connectivity index (χ2v) is 5.61. The van der Waals surface area contributed by atoms with Gasteiger partial charge in [-0.1, -0.05) is 13.0 Å². The lowest BCUT2D eigenvalue weighted by atomic mass is 10.0. The maximum absolute atomic E-state index is 14.0. The average molecular weight is 312 g/mol. The number of benzene rings is 1. The first-order valence-corrected chi connectivity index (χ1v) is 7.64. The van der Waals surface area contributed by atoms with Crippen LogP contribution in [0.4, 0.5) is 8.78 Å². The van der Waals surface area contributed by atoms with Gasteiger partial charge in [-0.05, 0) is 12.5 Å². The van der Waals surface area contributed by atoms with Crippen LogP contribution in [0.3, 0.4) is 0 Å². The quantitative estimate of drug-likeness (QED) is 0.876. The lowest BCUT2D eigenvalue weighted by Crippen LogP contribution is -2.48. The molecule has 0 spiro atoms. The molecule has 1 saturated heterocycles. The summed E-state index contributed by atoms with van der Waals surface area (Å²) in [6.07, 6.45) is 0.890. The number of hydrogen-bond acceptors (Lipinski definition) is 3. The highest BCUT2D eigenvalue weighted by Gasteiger charge is 2.26. The number of aliphatic carboxylic acids is 1. The Balaban J connectivity index is 1.97. The van der Waals surface area contributed by atoms with Gasteiger partial charge in [-0.15, -0.1) is 0 Å². The highest BCUT2D eigenvalue weighted by Crippen LogP contribution is 2.27. The standard InChI is InChI=1S/C16H22F2N2O2/c1-2-15(13-4-3-12(17)11-14(13)18)20-9-7-19(8-10-20)6-5-16(21)22/h3-4,11,15H,2,5-10H2,1H3,(H,21,22)/t15-/m1/s1. The molecular weight excluding hydrogens is 290 g/mol. The maximum Gasteiger partial charge on any atom is 0.304 e. The third-order valence-electron chi connectivity index (χ3n) is 4.20. The molecule has 1 aliphatic rings. The van der Waals surface area contributed by atoms with Crippen LogP contribution < -0.4 is 0 Å². The summed E-state index contributed by atoms with van der Waals surface area (Å²) in [5, 5.41) is 8.71. The Hall–Kier alpha value is -1.53. The summed E-state index contributed by atoms with van der Waals surface area (Å²) in [7, 11) is 0. The van der Waals surface area contributed by atoms with E-state index in [1.165, 1.54) is 12.1 Å². The molecule has 6 heteroatoms. The van der Waals surface area contributed by atoms with Crippen molar-refractivity contribution >= 4 is 5.97 Å². The first kappa shape index (κ1) is 16.8. The molecule has 0 bridgehead atoms. The molecule has 0 unspecified atom stereocenters. The molecule has 1 aromatic carbocycles. The van der Waals surface area contributed by atoms with Crippen molar-refractivity contribution in [2.45, 2.75) is 25.8 Å². The van der Waals surface area contributed by atoms with Gasteiger partial charge >= 0.3 is 5.97 Å². The molecule has 0 aliphatic carbocycles. The van der Waals surface area contributed by atoms with E-state index in [1.807, 2.05) is 6.92 Å². The Labute approximate surface area is 129 Å². The summed E-state index contributed by atoms with van der Waals surface area (Å²) < 4.78 is 27.0. The number of piperazine rings is 1. The third kappa shape index (κ3) is 4.24. The number of rotatable bonds is 6. The van der Waals surface area contributed by atoms with E-state index >= 15 is 0 Å². The van der Waals surface area contributed by atoms with Crippen molar-refractivity contribution < 1.29 is 18.7 Å². The van der Waals surface area contributed by atoms with Gasteiger partial charge in [0.25, 0.3) is 0 Å². The van der Waals surface area contributed by atoms with Crippen LogP contribution in [0.25, 0.3) is 0 Å². The SMILES string of the molecule is CC[C@H](c1ccc(F)cc1F)N1CCN(CCC(=O)O)CC1. The zero-order chi connectivity index (χ0) is 16.1. The second-order valence-electron chi connectivity index (χ2n) is 5.61. The maximum atomic E-state index is 14.0. The molecule has 4 nitrogen and oxygen atoms in total. The minimum atomic E-state index is -0.790. The molecule has 2 rings (SSSR count). The molecule has 0 radical (unpaired) electrons. The van der Waals surface area contributed by atoms with E-state index in [0.717, 1.165) is 38.7 Å². The number of carboxylic acids is 1. The van der Waals surface area contributed by atoms with Crippen LogP contribution in [0.1, 0.15) is 31.4 Å². The fraction of sp³-hybridized carbons (Fsp3) is 0.562. The van der Waals surface area contributed by atoms with E-state index < -0.39 is 17.6 Å². The van der Waals surface area contributed by atoms with Gasteiger partial charge < -0.3 is 10.0 Å². The van der Waals surface area contributed by atoms with Crippen molar-refractivity contribution in [1.29, 1.82) is 0 Å². The minimum Gasteiger partial charge on any atom is -0.481 e. The molecule has 22 heavy (non-hydrogen) atoms. The number of halogens is 2. The van der Waals surface area contributed by atoms with Crippen molar-refractivity contribution in [3.63, 3.8) is 0 Å². The molecule has 1 aromatic rings. The molecular formula is C16H22F2N2O2. The molecule has 1 heterocycles. The van der Waals surface area contributed by atoms with Gasteiger partial charge in [0.05, 0.1) is 6.42 Å². The second kappa shape index (κ2) is 7.65. The van der Waals surface area contributed by atoms with Crippen molar-refractivity contribution in [2.75, 3.05) is 32.7 Å². The molecule has 1 N–H and O–H groups in total. The molecule has 0 amide bonds. The Morgan fingerprint density at radius 3 is 2.50 bits per heavy atom. The monoisotopic (exact) mass is 312 g/mol. The van der Waals surface area contributed by atoms with Crippen LogP contribution in [0.15, 0.2) is 18.2 Å². The van der Waals surface area contributed by atoms with E-state index in [9.17, 15) is 13.6 Å². The van der Waals surface area contributed by atoms with Crippen LogP contribution in [0.5, 0.6) is 0 Å². The van der Waals surface area contributed by atoms with Crippen molar-refractivity contribution in [2.24, 2.45) is 0 Å². The Bertz CT molecular complexity index is 517. The van der Waals surface area contributed by atoms with Crippen molar-refractivity contribution in [1.82, 2.24) is 9.80 Å². The molecule has 0 aromatic heterocycles. The van der Waals surface area contributed by atoms with Crippen molar-refractivity contribution in [3.8, 4) is 0 Å². The molecule has 1 atom stereocenters. The fourth-order valence-corrected chi connectivity index (χ4v) is 3.00. The van der Waals surface area contributed by atoms with Crippen LogP contribution in [-0.2, 0) is 4.79 Å². The smallest absolute Gasteiger partial charge is 0.304 e. The first-order valence-electron chi connectivity index (χ1n) is 7.64. The van der Waals surface area contributed by atoms with Crippen LogP contribution in [0.2, 0.25) is 0 Å². The summed E-state index contributed by atoms with van der Waals surface area (Å²) in [5.74, 6) is -1.85. The normalized spacial score (nSPS) is 18.3. The highest BCUT2D eigenvalue weighted by atomic mass is 19.1. The van der Waals surface area contributed by atoms with Gasteiger partial charge in [0.2, 0.25) is 0 Å². The number of nitrogens with zero attached hydrogens (tertiary/aromatic N) is 2. The van der Waals surface area contributed by atoms with Gasteiger partial charge in [0, 0.05) is 50.4 Å². The third-order valence-corrected chi connectivity index (χ3v) is 4.20. The Morgan fingerprint density at radius 1 is 1.27 bits per heavy atom. The summed E-state index contributed by atoms with van der Waals surface area (Å²) in [6.45, 7) is 5.60. The lowest BCUT2D eigenvalue weighted by molar-refractivity contribution is -0.137. The van der Waals surface area contributed by atoms with Gasteiger partial charge in [-0.3, -0.25) is 9.69 Å². The van der Waals surface area contributed by atoms with Gasteiger partial charge in [0.15, 0.2) is 0 Å². The predicted octanol–water partition coefficient (Wildman–Crippen LogP) is 2.51. The van der Waals surface area contributed by atoms with Gasteiger partial charge in [0.1, 0.15) is 11.6 Å². The first-order chi connectivity index (χ1) is 10.5. The van der Waals surface area contributed by atoms with E-state index in [4.69, 9.17) is 5.11 Å². The van der Waals surface area contributed by atoms with E-state index in [-0.39, 0.29) is 12.5 Å². The summed E-state index contributed by atoms with van der Waals surface area (Å²) in [5.41, 5.74) is 0.530. The lowest BCUT2D eigenvalue weighted by Gasteiger charge is -2.39. The number of carboxylic acid groups (broad SMARTS) is 1. The zero-order valence-corrected chi connectivity index (χ0v) is 12.8. The molecule has 1 fully saturated rings. The predicted molar refractivity (Wildman–Crippen MR) is 79.7 cm³/mol. The largest absolute Gasteiger partial charge is 0.481 e. The Kier molecular flexibility index (Phi) is 5.85. The van der Waals surface area contributed by atoms with E-state index in [2.05, 4.69) is 9.80 Å². The van der Waals surface area contributed by atoms with E-state index in [0.29, 0.717) is 12.1 Å². The van der Waals surface area contributed by atoms with Crippen molar-refractivity contribution in [3.05, 3.63) is 35.4 Å². The molecule has 122 valence electrons. The molecule has 0 saturated carbocycles. The van der Waals surface area contributed by atoms with Gasteiger partial charge in [-0.25, -0.2) is 8.78 Å². The van der Waals surface area contributed by atoms with Crippen LogP contribution in [-0.4, -0.2) is 53.6 Å². The van der Waals surface area contributed by atoms with Crippen LogP contribution >= 0.6 is 0 Å². The fourth-order valence-electron chi connectivity index (χ4n) is 3.00. The number of hydrogen-bond donors (Lipinski definition) is 1. The summed E-state index contributed by atoms with van der Waals surface area (Å²) >= 11 is 0. The van der Waals surface area contributed by atoms with Gasteiger partial charge in [-0.2, -0.15) is 0 Å². The molecule has 1 aliphatic heterocycles. The zero-order valence-electron chi connectivity index (χ0n) is 12.8. The average Bonchev–Trinajstić information content (AvgIpc) is 2.49. The Morgan fingerprint density at radius 2 is 1.95 bits per heavy atom. The number of carbonyl (C=O) groups is 1. The summed E-state index contributed by atoms with van der Waals surface area (Å²) in [4.78, 5) is 14.9. The van der Waals surface area contributed by atoms with E-state index in [1.54, 1.807) is 0 Å². The topological polar surface area (TPSA) is 43.8 Å².